The van der Waals surface area contributed by atoms with Gasteiger partial charge in [0, 0.05) is 12.6 Å². The highest BCUT2D eigenvalue weighted by molar-refractivity contribution is 5.21. The van der Waals surface area contributed by atoms with Crippen molar-refractivity contribution in [3.8, 4) is 0 Å². The Kier molecular flexibility index (Phi) is 5.83. The van der Waals surface area contributed by atoms with E-state index in [4.69, 9.17) is 0 Å². The second kappa shape index (κ2) is 6.91. The zero-order valence-corrected chi connectivity index (χ0v) is 12.1. The molecule has 0 radical (unpaired) electrons. The summed E-state index contributed by atoms with van der Waals surface area (Å²) in [7, 11) is 0. The fraction of sp³-hybridized carbons (Fsp3) is 0.625. The van der Waals surface area contributed by atoms with Crippen molar-refractivity contribution in [3.63, 3.8) is 0 Å². The lowest BCUT2D eigenvalue weighted by molar-refractivity contribution is 0.0539. The Morgan fingerprint density at radius 3 is 2.28 bits per heavy atom. The zero-order chi connectivity index (χ0) is 13.6. The van der Waals surface area contributed by atoms with Gasteiger partial charge in [0.15, 0.2) is 0 Å². The van der Waals surface area contributed by atoms with E-state index in [1.54, 1.807) is 0 Å². The van der Waals surface area contributed by atoms with E-state index in [9.17, 15) is 5.11 Å². The summed E-state index contributed by atoms with van der Waals surface area (Å²) in [6, 6.07) is 10.3. The molecule has 0 aliphatic rings. The van der Waals surface area contributed by atoms with Crippen LogP contribution in [0.1, 0.15) is 46.1 Å². The maximum atomic E-state index is 10.4. The average molecular weight is 249 g/mol. The van der Waals surface area contributed by atoms with Crippen molar-refractivity contribution in [3.05, 3.63) is 35.9 Å². The molecule has 0 bridgehead atoms. The first-order valence-corrected chi connectivity index (χ1v) is 6.93. The van der Waals surface area contributed by atoms with E-state index in [1.165, 1.54) is 6.42 Å². The van der Waals surface area contributed by atoms with Gasteiger partial charge in [0.1, 0.15) is 0 Å². The molecule has 0 saturated carbocycles. The van der Waals surface area contributed by atoms with E-state index in [1.807, 2.05) is 37.3 Å². The van der Waals surface area contributed by atoms with Crippen LogP contribution in [0, 0.1) is 5.92 Å². The maximum absolute atomic E-state index is 10.4. The topological polar surface area (TPSA) is 32.3 Å². The van der Waals surface area contributed by atoms with Crippen molar-refractivity contribution in [2.24, 2.45) is 5.92 Å². The van der Waals surface area contributed by atoms with E-state index in [0.717, 1.165) is 17.9 Å². The molecule has 1 aromatic carbocycles. The van der Waals surface area contributed by atoms with Gasteiger partial charge in [0.25, 0.3) is 0 Å². The SMILES string of the molecule is CC(C)CCC(C)NCC(C)(O)c1ccccc1. The number of hydrogen-bond donors (Lipinski definition) is 2. The Hall–Kier alpha value is -0.860. The first-order valence-electron chi connectivity index (χ1n) is 6.93. The first-order chi connectivity index (χ1) is 8.42. The maximum Gasteiger partial charge on any atom is 0.0992 e. The molecule has 0 amide bonds. The molecule has 0 spiro atoms. The van der Waals surface area contributed by atoms with Crippen molar-refractivity contribution in [1.29, 1.82) is 0 Å². The standard InChI is InChI=1S/C16H27NO/c1-13(2)10-11-14(3)17-12-16(4,18)15-8-6-5-7-9-15/h5-9,13-14,17-18H,10-12H2,1-4H3. The number of nitrogens with one attached hydrogen (secondary N) is 1. The van der Waals surface area contributed by atoms with Crippen LogP contribution in [0.2, 0.25) is 0 Å². The van der Waals surface area contributed by atoms with E-state index in [2.05, 4.69) is 26.1 Å². The highest BCUT2D eigenvalue weighted by atomic mass is 16.3. The van der Waals surface area contributed by atoms with Crippen molar-refractivity contribution in [1.82, 2.24) is 5.32 Å². The Labute approximate surface area is 111 Å². The molecule has 2 unspecified atom stereocenters. The number of benzene rings is 1. The van der Waals surface area contributed by atoms with Crippen LogP contribution in [0.15, 0.2) is 30.3 Å². The minimum atomic E-state index is -0.798. The van der Waals surface area contributed by atoms with Gasteiger partial charge in [0.2, 0.25) is 0 Å². The van der Waals surface area contributed by atoms with Gasteiger partial charge in [0.05, 0.1) is 5.60 Å². The van der Waals surface area contributed by atoms with Crippen LogP contribution in [0.5, 0.6) is 0 Å². The molecule has 2 nitrogen and oxygen atoms in total. The fourth-order valence-electron chi connectivity index (χ4n) is 1.96. The van der Waals surface area contributed by atoms with Gasteiger partial charge in [-0.25, -0.2) is 0 Å². The molecule has 2 atom stereocenters. The van der Waals surface area contributed by atoms with Crippen LogP contribution in [0.25, 0.3) is 0 Å². The summed E-state index contributed by atoms with van der Waals surface area (Å²) in [6.45, 7) is 9.13. The largest absolute Gasteiger partial charge is 0.384 e. The fourth-order valence-corrected chi connectivity index (χ4v) is 1.96. The molecule has 0 aliphatic heterocycles. The smallest absolute Gasteiger partial charge is 0.0992 e. The van der Waals surface area contributed by atoms with E-state index < -0.39 is 5.60 Å². The van der Waals surface area contributed by atoms with E-state index in [0.29, 0.717) is 12.6 Å². The molecule has 0 heterocycles. The lowest BCUT2D eigenvalue weighted by Gasteiger charge is -2.26. The second-order valence-corrected chi connectivity index (χ2v) is 5.89. The Morgan fingerprint density at radius 1 is 1.11 bits per heavy atom. The summed E-state index contributed by atoms with van der Waals surface area (Å²) in [5.74, 6) is 0.740. The molecule has 2 N–H and O–H groups in total. The van der Waals surface area contributed by atoms with Crippen LogP contribution in [-0.2, 0) is 5.60 Å². The summed E-state index contributed by atoms with van der Waals surface area (Å²) >= 11 is 0. The third kappa shape index (κ3) is 5.19. The molecular formula is C16H27NO. The average Bonchev–Trinajstić information content (AvgIpc) is 2.35. The summed E-state index contributed by atoms with van der Waals surface area (Å²) in [5.41, 5.74) is 0.168. The van der Waals surface area contributed by atoms with Crippen molar-refractivity contribution < 1.29 is 5.11 Å². The van der Waals surface area contributed by atoms with Gasteiger partial charge < -0.3 is 10.4 Å². The predicted molar refractivity (Wildman–Crippen MR) is 77.5 cm³/mol. The van der Waals surface area contributed by atoms with Gasteiger partial charge in [-0.05, 0) is 38.2 Å². The Morgan fingerprint density at radius 2 is 1.72 bits per heavy atom. The third-order valence-corrected chi connectivity index (χ3v) is 3.37. The second-order valence-electron chi connectivity index (χ2n) is 5.89. The molecule has 2 heteroatoms. The first kappa shape index (κ1) is 15.2. The zero-order valence-electron chi connectivity index (χ0n) is 12.1. The molecular weight excluding hydrogens is 222 g/mol. The van der Waals surface area contributed by atoms with Crippen LogP contribution in [0.3, 0.4) is 0 Å². The van der Waals surface area contributed by atoms with Crippen LogP contribution in [-0.4, -0.2) is 17.7 Å². The summed E-state index contributed by atoms with van der Waals surface area (Å²) in [6.07, 6.45) is 2.38. The number of rotatable bonds is 7. The minimum Gasteiger partial charge on any atom is -0.384 e. The number of hydrogen-bond acceptors (Lipinski definition) is 2. The summed E-state index contributed by atoms with van der Waals surface area (Å²) in [5, 5.41) is 13.9. The molecule has 102 valence electrons. The quantitative estimate of drug-likeness (QED) is 0.777. The van der Waals surface area contributed by atoms with Crippen LogP contribution >= 0.6 is 0 Å². The van der Waals surface area contributed by atoms with Crippen molar-refractivity contribution in [2.45, 2.75) is 52.2 Å². The molecule has 0 fully saturated rings. The van der Waals surface area contributed by atoms with Gasteiger partial charge in [-0.3, -0.25) is 0 Å². The molecule has 18 heavy (non-hydrogen) atoms. The summed E-state index contributed by atoms with van der Waals surface area (Å²) in [4.78, 5) is 0. The highest BCUT2D eigenvalue weighted by Crippen LogP contribution is 2.19. The molecule has 1 rings (SSSR count). The van der Waals surface area contributed by atoms with Crippen molar-refractivity contribution in [2.75, 3.05) is 6.54 Å². The number of aliphatic hydroxyl groups is 1. The third-order valence-electron chi connectivity index (χ3n) is 3.37. The van der Waals surface area contributed by atoms with Crippen LogP contribution in [0.4, 0.5) is 0 Å². The predicted octanol–water partition coefficient (Wildman–Crippen LogP) is 3.31. The molecule has 0 aliphatic carbocycles. The summed E-state index contributed by atoms with van der Waals surface area (Å²) < 4.78 is 0. The molecule has 0 saturated heterocycles. The van der Waals surface area contributed by atoms with Crippen LogP contribution < -0.4 is 5.32 Å². The van der Waals surface area contributed by atoms with Gasteiger partial charge in [-0.2, -0.15) is 0 Å². The van der Waals surface area contributed by atoms with Gasteiger partial charge in [-0.1, -0.05) is 44.2 Å². The van der Waals surface area contributed by atoms with Crippen molar-refractivity contribution >= 4 is 0 Å². The molecule has 0 aromatic heterocycles. The molecule has 1 aromatic rings. The normalized spacial score (nSPS) is 16.6. The Bertz CT molecular complexity index is 332. The van der Waals surface area contributed by atoms with E-state index in [-0.39, 0.29) is 0 Å². The lowest BCUT2D eigenvalue weighted by Crippen LogP contribution is -2.39. The van der Waals surface area contributed by atoms with Gasteiger partial charge in [-0.15, -0.1) is 0 Å². The Balaban J connectivity index is 2.42. The monoisotopic (exact) mass is 249 g/mol. The van der Waals surface area contributed by atoms with Gasteiger partial charge >= 0.3 is 0 Å². The minimum absolute atomic E-state index is 0.447. The lowest BCUT2D eigenvalue weighted by atomic mass is 9.95. The van der Waals surface area contributed by atoms with E-state index >= 15 is 0 Å². The highest BCUT2D eigenvalue weighted by Gasteiger charge is 2.22.